The molecule has 6 nitrogen and oxygen atoms in total. The number of methoxy groups -OCH3 is 1. The molecule has 0 spiro atoms. The van der Waals surface area contributed by atoms with Crippen molar-refractivity contribution in [3.63, 3.8) is 0 Å². The number of hydrogen-bond acceptors (Lipinski definition) is 6. The molecular formula is C13H21N3O3. The first kappa shape index (κ1) is 13.0. The van der Waals surface area contributed by atoms with E-state index in [1.165, 1.54) is 12.8 Å². The Labute approximate surface area is 112 Å². The fourth-order valence-corrected chi connectivity index (χ4v) is 2.58. The van der Waals surface area contributed by atoms with Gasteiger partial charge in [-0.25, -0.2) is 0 Å². The third-order valence-electron chi connectivity index (χ3n) is 3.83. The highest BCUT2D eigenvalue weighted by atomic mass is 16.5. The van der Waals surface area contributed by atoms with Crippen molar-refractivity contribution in [1.82, 2.24) is 15.5 Å². The molecule has 3 atom stereocenters. The molecule has 3 unspecified atom stereocenters. The molecule has 0 radical (unpaired) electrons. The third kappa shape index (κ3) is 2.80. The molecule has 1 aromatic heterocycles. The monoisotopic (exact) mass is 267 g/mol. The Balaban J connectivity index is 1.68. The summed E-state index contributed by atoms with van der Waals surface area (Å²) in [5.41, 5.74) is 0. The van der Waals surface area contributed by atoms with Gasteiger partial charge in [-0.1, -0.05) is 5.16 Å². The van der Waals surface area contributed by atoms with Gasteiger partial charge in [0.2, 0.25) is 11.7 Å². The highest BCUT2D eigenvalue weighted by molar-refractivity contribution is 5.02. The Morgan fingerprint density at radius 3 is 2.95 bits per heavy atom. The third-order valence-corrected chi connectivity index (χ3v) is 3.83. The minimum atomic E-state index is 0.00197. The molecule has 1 aliphatic carbocycles. The second-order valence-electron chi connectivity index (χ2n) is 5.26. The Morgan fingerprint density at radius 1 is 1.47 bits per heavy atom. The van der Waals surface area contributed by atoms with Crippen molar-refractivity contribution in [2.24, 2.45) is 5.92 Å². The van der Waals surface area contributed by atoms with Gasteiger partial charge >= 0.3 is 0 Å². The Morgan fingerprint density at radius 2 is 2.32 bits per heavy atom. The Bertz CT molecular complexity index is 419. The molecule has 1 saturated heterocycles. The van der Waals surface area contributed by atoms with Gasteiger partial charge in [0.25, 0.3) is 0 Å². The lowest BCUT2D eigenvalue weighted by Gasteiger charge is -2.11. The number of aromatic nitrogens is 2. The SMILES string of the molecule is CCOC(c1noc(C2CC(OC)CN2)n1)C1CC1. The van der Waals surface area contributed by atoms with Crippen LogP contribution in [-0.4, -0.2) is 36.5 Å². The van der Waals surface area contributed by atoms with Crippen molar-refractivity contribution in [2.45, 2.75) is 44.4 Å². The summed E-state index contributed by atoms with van der Waals surface area (Å²) in [5.74, 6) is 1.91. The standard InChI is InChI=1S/C13H21N3O3/c1-3-18-11(8-4-5-8)12-15-13(19-16-12)10-6-9(17-2)7-14-10/h8-11,14H,3-7H2,1-2H3. The van der Waals surface area contributed by atoms with Gasteiger partial charge in [0.1, 0.15) is 6.10 Å². The second kappa shape index (κ2) is 5.56. The number of ether oxygens (including phenoxy) is 2. The average Bonchev–Trinajstić information content (AvgIpc) is 2.96. The summed E-state index contributed by atoms with van der Waals surface area (Å²) in [6.45, 7) is 3.51. The van der Waals surface area contributed by atoms with Crippen molar-refractivity contribution in [1.29, 1.82) is 0 Å². The lowest BCUT2D eigenvalue weighted by Crippen LogP contribution is -2.16. The van der Waals surface area contributed by atoms with Crippen LogP contribution in [0.15, 0.2) is 4.52 Å². The van der Waals surface area contributed by atoms with E-state index in [1.54, 1.807) is 7.11 Å². The summed E-state index contributed by atoms with van der Waals surface area (Å²) >= 11 is 0. The fourth-order valence-electron chi connectivity index (χ4n) is 2.58. The normalized spacial score (nSPS) is 28.7. The number of hydrogen-bond donors (Lipinski definition) is 1. The predicted octanol–water partition coefficient (Wildman–Crippen LogP) is 1.61. The summed E-state index contributed by atoms with van der Waals surface area (Å²) in [5, 5.41) is 7.44. The molecular weight excluding hydrogens is 246 g/mol. The largest absolute Gasteiger partial charge is 0.380 e. The Hall–Kier alpha value is -0.980. The summed E-state index contributed by atoms with van der Waals surface area (Å²) < 4.78 is 16.5. The molecule has 1 aromatic rings. The van der Waals surface area contributed by atoms with Crippen molar-refractivity contribution in [3.05, 3.63) is 11.7 Å². The van der Waals surface area contributed by atoms with E-state index in [0.717, 1.165) is 13.0 Å². The molecule has 1 aliphatic heterocycles. The molecule has 1 saturated carbocycles. The first-order valence-corrected chi connectivity index (χ1v) is 7.03. The summed E-state index contributed by atoms with van der Waals surface area (Å²) in [6, 6.07) is 0.104. The molecule has 19 heavy (non-hydrogen) atoms. The first-order chi connectivity index (χ1) is 9.31. The number of nitrogens with zero attached hydrogens (tertiary/aromatic N) is 2. The van der Waals surface area contributed by atoms with Crippen LogP contribution in [0.1, 0.15) is 50.0 Å². The van der Waals surface area contributed by atoms with Crippen LogP contribution < -0.4 is 5.32 Å². The molecule has 6 heteroatoms. The van der Waals surface area contributed by atoms with Crippen LogP contribution in [0.4, 0.5) is 0 Å². The predicted molar refractivity (Wildman–Crippen MR) is 67.5 cm³/mol. The van der Waals surface area contributed by atoms with E-state index in [9.17, 15) is 0 Å². The maximum absolute atomic E-state index is 5.74. The Kier molecular flexibility index (Phi) is 3.81. The van der Waals surface area contributed by atoms with Gasteiger partial charge < -0.3 is 19.3 Å². The molecule has 0 aromatic carbocycles. The van der Waals surface area contributed by atoms with E-state index in [-0.39, 0.29) is 18.2 Å². The quantitative estimate of drug-likeness (QED) is 0.844. The molecule has 106 valence electrons. The molecule has 2 fully saturated rings. The maximum Gasteiger partial charge on any atom is 0.243 e. The van der Waals surface area contributed by atoms with E-state index in [1.807, 2.05) is 6.92 Å². The van der Waals surface area contributed by atoms with Crippen LogP contribution in [-0.2, 0) is 9.47 Å². The molecule has 1 N–H and O–H groups in total. The average molecular weight is 267 g/mol. The van der Waals surface area contributed by atoms with Crippen molar-refractivity contribution >= 4 is 0 Å². The smallest absolute Gasteiger partial charge is 0.243 e. The van der Waals surface area contributed by atoms with Crippen molar-refractivity contribution < 1.29 is 14.0 Å². The highest BCUT2D eigenvalue weighted by Crippen LogP contribution is 2.42. The van der Waals surface area contributed by atoms with E-state index in [2.05, 4.69) is 15.5 Å². The molecule has 2 aliphatic rings. The summed E-state index contributed by atoms with van der Waals surface area (Å²) in [4.78, 5) is 4.52. The van der Waals surface area contributed by atoms with Crippen molar-refractivity contribution in [3.8, 4) is 0 Å². The zero-order valence-electron chi connectivity index (χ0n) is 11.5. The topological polar surface area (TPSA) is 69.4 Å². The molecule has 2 heterocycles. The molecule has 3 rings (SSSR count). The van der Waals surface area contributed by atoms with Crippen LogP contribution in [0.25, 0.3) is 0 Å². The zero-order valence-corrected chi connectivity index (χ0v) is 11.5. The summed E-state index contributed by atoms with van der Waals surface area (Å²) in [6.07, 6.45) is 3.50. The fraction of sp³-hybridized carbons (Fsp3) is 0.846. The van der Waals surface area contributed by atoms with E-state index < -0.39 is 0 Å². The number of rotatable bonds is 6. The number of nitrogens with one attached hydrogen (secondary N) is 1. The van der Waals surface area contributed by atoms with Crippen LogP contribution in [0.2, 0.25) is 0 Å². The van der Waals surface area contributed by atoms with Gasteiger partial charge in [0.05, 0.1) is 12.1 Å². The second-order valence-corrected chi connectivity index (χ2v) is 5.26. The maximum atomic E-state index is 5.74. The van der Waals surface area contributed by atoms with Gasteiger partial charge in [-0.05, 0) is 32.1 Å². The van der Waals surface area contributed by atoms with Crippen LogP contribution in [0, 0.1) is 5.92 Å². The van der Waals surface area contributed by atoms with Gasteiger partial charge in [0.15, 0.2) is 0 Å². The van der Waals surface area contributed by atoms with Crippen molar-refractivity contribution in [2.75, 3.05) is 20.3 Å². The van der Waals surface area contributed by atoms with Gasteiger partial charge in [0, 0.05) is 20.3 Å². The highest BCUT2D eigenvalue weighted by Gasteiger charge is 2.37. The summed E-state index contributed by atoms with van der Waals surface area (Å²) in [7, 11) is 1.73. The van der Waals surface area contributed by atoms with Crippen LogP contribution in [0.5, 0.6) is 0 Å². The van der Waals surface area contributed by atoms with E-state index in [0.29, 0.717) is 24.2 Å². The first-order valence-electron chi connectivity index (χ1n) is 7.03. The minimum Gasteiger partial charge on any atom is -0.380 e. The van der Waals surface area contributed by atoms with Gasteiger partial charge in [-0.2, -0.15) is 4.98 Å². The van der Waals surface area contributed by atoms with Gasteiger partial charge in [-0.15, -0.1) is 0 Å². The lowest BCUT2D eigenvalue weighted by molar-refractivity contribution is 0.0384. The lowest BCUT2D eigenvalue weighted by atomic mass is 10.2. The van der Waals surface area contributed by atoms with E-state index >= 15 is 0 Å². The van der Waals surface area contributed by atoms with Crippen LogP contribution in [0.3, 0.4) is 0 Å². The minimum absolute atomic E-state index is 0.00197. The molecule has 0 amide bonds. The molecule has 0 bridgehead atoms. The van der Waals surface area contributed by atoms with Crippen LogP contribution >= 0.6 is 0 Å². The van der Waals surface area contributed by atoms with E-state index in [4.69, 9.17) is 14.0 Å². The zero-order chi connectivity index (χ0) is 13.2. The van der Waals surface area contributed by atoms with Gasteiger partial charge in [-0.3, -0.25) is 0 Å².